The number of carbonyl (C=O) groups excluding carboxylic acids is 1. The fraction of sp³-hybridized carbons (Fsp3) is 0.448. The minimum absolute atomic E-state index is 0.0679. The second-order valence-electron chi connectivity index (χ2n) is 10.2. The van der Waals surface area contributed by atoms with Crippen molar-refractivity contribution in [2.24, 2.45) is 17.3 Å². The maximum absolute atomic E-state index is 13.2. The normalized spacial score (nSPS) is 28.6. The van der Waals surface area contributed by atoms with Crippen molar-refractivity contribution in [3.8, 4) is 0 Å². The topological polar surface area (TPSA) is 51.2 Å². The molecular formula is C29H38N2O2. The van der Waals surface area contributed by atoms with E-state index >= 15 is 0 Å². The molecule has 3 rings (SSSR count). The molecular weight excluding hydrogens is 408 g/mol. The van der Waals surface area contributed by atoms with E-state index in [9.17, 15) is 4.79 Å². The molecule has 1 amide bonds. The molecule has 0 saturated carbocycles. The zero-order chi connectivity index (χ0) is 24.2. The molecule has 2 aliphatic rings. The average Bonchev–Trinajstić information content (AvgIpc) is 2.72. The second-order valence-corrected chi connectivity index (χ2v) is 10.2. The number of fused-ring (bicyclic) bond motifs is 1. The Morgan fingerprint density at radius 1 is 1.18 bits per heavy atom. The Labute approximate surface area is 198 Å². The number of rotatable bonds is 4. The lowest BCUT2D eigenvalue weighted by Crippen LogP contribution is -2.34. The van der Waals surface area contributed by atoms with E-state index in [0.717, 1.165) is 40.4 Å². The van der Waals surface area contributed by atoms with E-state index < -0.39 is 0 Å². The highest BCUT2D eigenvalue weighted by Gasteiger charge is 2.21. The van der Waals surface area contributed by atoms with Crippen molar-refractivity contribution < 1.29 is 9.53 Å². The molecule has 0 bridgehead atoms. The number of aryl methyl sites for hydroxylation is 1. The van der Waals surface area contributed by atoms with Gasteiger partial charge in [-0.1, -0.05) is 77.2 Å². The summed E-state index contributed by atoms with van der Waals surface area (Å²) in [6.07, 6.45) is 16.8. The molecule has 4 nitrogen and oxygen atoms in total. The lowest BCUT2D eigenvalue weighted by atomic mass is 9.83. The molecule has 0 saturated heterocycles. The summed E-state index contributed by atoms with van der Waals surface area (Å²) in [5.41, 5.74) is 3.72. The van der Waals surface area contributed by atoms with Crippen LogP contribution in [0.5, 0.6) is 0 Å². The lowest BCUT2D eigenvalue weighted by molar-refractivity contribution is 0.0955. The molecule has 2 unspecified atom stereocenters. The summed E-state index contributed by atoms with van der Waals surface area (Å²) < 4.78 is 5.76. The lowest BCUT2D eigenvalue weighted by Gasteiger charge is -2.25. The summed E-state index contributed by atoms with van der Waals surface area (Å²) in [6, 6.07) is 1.95. The molecule has 0 radical (unpaired) electrons. The molecule has 176 valence electrons. The first-order valence-electron chi connectivity index (χ1n) is 11.9. The number of hydrogen-bond acceptors (Lipinski definition) is 3. The number of ether oxygens (including phenoxy) is 1. The van der Waals surface area contributed by atoms with E-state index in [1.54, 1.807) is 7.11 Å². The number of amides is 1. The fourth-order valence-corrected chi connectivity index (χ4v) is 4.26. The van der Waals surface area contributed by atoms with E-state index in [-0.39, 0.29) is 17.2 Å². The van der Waals surface area contributed by atoms with Gasteiger partial charge in [-0.3, -0.25) is 9.78 Å². The zero-order valence-corrected chi connectivity index (χ0v) is 21.2. The molecule has 2 aliphatic carbocycles. The number of nitrogens with zero attached hydrogens (tertiary/aromatic N) is 1. The van der Waals surface area contributed by atoms with Crippen molar-refractivity contribution in [1.29, 1.82) is 0 Å². The molecule has 1 heterocycles. The molecule has 0 spiro atoms. The average molecular weight is 447 g/mol. The minimum atomic E-state index is -0.117. The highest BCUT2D eigenvalue weighted by molar-refractivity contribution is 5.95. The van der Waals surface area contributed by atoms with Crippen LogP contribution in [0.2, 0.25) is 0 Å². The van der Waals surface area contributed by atoms with Gasteiger partial charge in [-0.15, -0.1) is 0 Å². The maximum atomic E-state index is 13.2. The van der Waals surface area contributed by atoms with Crippen LogP contribution in [0.15, 0.2) is 53.4 Å². The summed E-state index contributed by atoms with van der Waals surface area (Å²) >= 11 is 0. The van der Waals surface area contributed by atoms with Crippen LogP contribution in [0.3, 0.4) is 0 Å². The highest BCUT2D eigenvalue weighted by Crippen LogP contribution is 2.31. The molecule has 0 fully saturated rings. The number of methoxy groups -OCH3 is 1. The predicted octanol–water partition coefficient (Wildman–Crippen LogP) is 4.75. The molecule has 2 atom stereocenters. The number of carbonyl (C=O) groups is 1. The fourth-order valence-electron chi connectivity index (χ4n) is 4.26. The summed E-state index contributed by atoms with van der Waals surface area (Å²) in [6.45, 7) is 13.3. The van der Waals surface area contributed by atoms with Crippen LogP contribution in [0, 0.1) is 24.2 Å². The number of allylic oxidation sites excluding steroid dienone is 6. The van der Waals surface area contributed by atoms with E-state index in [0.29, 0.717) is 18.0 Å². The first-order valence-corrected chi connectivity index (χ1v) is 11.9. The number of nitrogens with one attached hydrogen (secondary N) is 1. The van der Waals surface area contributed by atoms with Gasteiger partial charge in [0.05, 0.1) is 23.7 Å². The van der Waals surface area contributed by atoms with Gasteiger partial charge in [-0.05, 0) is 42.7 Å². The van der Waals surface area contributed by atoms with Crippen LogP contribution in [-0.4, -0.2) is 24.5 Å². The molecule has 0 aliphatic heterocycles. The third kappa shape index (κ3) is 6.13. The van der Waals surface area contributed by atoms with Crippen LogP contribution in [0.1, 0.15) is 63.5 Å². The van der Waals surface area contributed by atoms with Crippen molar-refractivity contribution in [2.45, 2.75) is 54.4 Å². The number of aromatic nitrogens is 1. The van der Waals surface area contributed by atoms with E-state index in [1.165, 1.54) is 5.57 Å². The third-order valence-corrected chi connectivity index (χ3v) is 6.36. The molecule has 1 N–H and O–H groups in total. The van der Waals surface area contributed by atoms with Gasteiger partial charge in [-0.25, -0.2) is 0 Å². The van der Waals surface area contributed by atoms with Crippen LogP contribution in [0.4, 0.5) is 0 Å². The summed E-state index contributed by atoms with van der Waals surface area (Å²) in [4.78, 5) is 17.9. The Morgan fingerprint density at radius 2 is 1.94 bits per heavy atom. The van der Waals surface area contributed by atoms with Gasteiger partial charge < -0.3 is 10.1 Å². The van der Waals surface area contributed by atoms with E-state index in [2.05, 4.69) is 76.4 Å². The Morgan fingerprint density at radius 3 is 2.64 bits per heavy atom. The van der Waals surface area contributed by atoms with Crippen molar-refractivity contribution >= 4 is 18.1 Å². The Balaban J connectivity index is 1.87. The highest BCUT2D eigenvalue weighted by atomic mass is 16.5. The van der Waals surface area contributed by atoms with Gasteiger partial charge in [0.25, 0.3) is 5.91 Å². The van der Waals surface area contributed by atoms with Crippen molar-refractivity contribution in [2.75, 3.05) is 13.7 Å². The van der Waals surface area contributed by atoms with Gasteiger partial charge in [0.1, 0.15) is 5.76 Å². The largest absolute Gasteiger partial charge is 0.500 e. The SMILES string of the molecule is CO/C1=C(CNC(=O)c2cc3/c(nc2C)=C/CC(C)/C=C\C=3)/C=C\C(C(C)(C)C)=C\CC1C. The monoisotopic (exact) mass is 446 g/mol. The standard InChI is InChI=1S/C29H38N2O2/c1-19-9-8-10-22-17-25(21(3)31-26(22)16-11-19)28(32)30-18-23-13-15-24(29(4,5)6)14-12-20(2)27(23)33-7/h8-10,13-17,19-20H,11-12,18H2,1-7H3,(H,30,32)/b9-8-,15-13-,22-10-,24-14-,26-16-,27-23-. The van der Waals surface area contributed by atoms with Crippen LogP contribution < -0.4 is 15.9 Å². The quantitative estimate of drug-likeness (QED) is 0.726. The van der Waals surface area contributed by atoms with E-state index in [1.807, 2.05) is 19.1 Å². The summed E-state index contributed by atoms with van der Waals surface area (Å²) in [5, 5.41) is 5.03. The van der Waals surface area contributed by atoms with Gasteiger partial charge in [0.15, 0.2) is 0 Å². The number of pyridine rings is 1. The van der Waals surface area contributed by atoms with Crippen molar-refractivity contribution in [3.05, 3.63) is 75.2 Å². The van der Waals surface area contributed by atoms with Gasteiger partial charge in [-0.2, -0.15) is 0 Å². The number of hydrogen-bond donors (Lipinski definition) is 1. The van der Waals surface area contributed by atoms with Gasteiger partial charge in [0, 0.05) is 23.3 Å². The molecule has 4 heteroatoms. The van der Waals surface area contributed by atoms with Gasteiger partial charge >= 0.3 is 0 Å². The van der Waals surface area contributed by atoms with E-state index in [4.69, 9.17) is 9.72 Å². The molecule has 1 aromatic heterocycles. The van der Waals surface area contributed by atoms with Gasteiger partial charge in [0.2, 0.25) is 0 Å². The second kappa shape index (κ2) is 10.4. The third-order valence-electron chi connectivity index (χ3n) is 6.36. The van der Waals surface area contributed by atoms with Crippen LogP contribution >= 0.6 is 0 Å². The van der Waals surface area contributed by atoms with Crippen LogP contribution in [0.25, 0.3) is 12.2 Å². The summed E-state index contributed by atoms with van der Waals surface area (Å²) in [7, 11) is 1.71. The van der Waals surface area contributed by atoms with Crippen molar-refractivity contribution in [1.82, 2.24) is 10.3 Å². The molecule has 33 heavy (non-hydrogen) atoms. The zero-order valence-electron chi connectivity index (χ0n) is 21.2. The Kier molecular flexibility index (Phi) is 7.78. The predicted molar refractivity (Wildman–Crippen MR) is 137 cm³/mol. The first kappa shape index (κ1) is 24.8. The molecule has 0 aromatic carbocycles. The van der Waals surface area contributed by atoms with Crippen molar-refractivity contribution in [3.63, 3.8) is 0 Å². The summed E-state index contributed by atoms with van der Waals surface area (Å²) in [5.74, 6) is 1.53. The minimum Gasteiger partial charge on any atom is -0.500 e. The first-order chi connectivity index (χ1) is 15.6. The van der Waals surface area contributed by atoms with Crippen LogP contribution in [-0.2, 0) is 4.74 Å². The maximum Gasteiger partial charge on any atom is 0.253 e. The Bertz CT molecular complexity index is 1140. The Hall–Kier alpha value is -2.88. The smallest absolute Gasteiger partial charge is 0.253 e. The molecule has 1 aromatic rings.